The van der Waals surface area contributed by atoms with Gasteiger partial charge in [-0.15, -0.1) is 0 Å². The van der Waals surface area contributed by atoms with Crippen LogP contribution in [0.4, 0.5) is 0 Å². The van der Waals surface area contributed by atoms with E-state index in [4.69, 9.17) is 4.42 Å². The quantitative estimate of drug-likeness (QED) is 0.648. The van der Waals surface area contributed by atoms with Crippen LogP contribution in [0.3, 0.4) is 0 Å². The molecule has 0 saturated carbocycles. The van der Waals surface area contributed by atoms with Gasteiger partial charge in [0.2, 0.25) is 0 Å². The van der Waals surface area contributed by atoms with Crippen LogP contribution < -0.4 is 0 Å². The molecule has 2 rings (SSSR count). The molecule has 1 aromatic carbocycles. The van der Waals surface area contributed by atoms with Gasteiger partial charge in [0.15, 0.2) is 0 Å². The maximum absolute atomic E-state index is 11.3. The normalized spacial score (nSPS) is 10.4. The Bertz CT molecular complexity index is 482. The van der Waals surface area contributed by atoms with E-state index in [-0.39, 0.29) is 5.97 Å². The minimum Gasteiger partial charge on any atom is -0.465 e. The molecular formula is C11H10O3. The Morgan fingerprint density at radius 1 is 1.43 bits per heavy atom. The number of furan rings is 1. The highest BCUT2D eigenvalue weighted by Gasteiger charge is 2.10. The molecule has 1 aromatic heterocycles. The molecule has 0 bridgehead atoms. The van der Waals surface area contributed by atoms with E-state index in [1.165, 1.54) is 7.11 Å². The van der Waals surface area contributed by atoms with Crippen molar-refractivity contribution >= 4 is 16.9 Å². The molecule has 0 N–H and O–H groups in total. The Kier molecular flexibility index (Phi) is 2.00. The largest absolute Gasteiger partial charge is 0.465 e. The van der Waals surface area contributed by atoms with Crippen molar-refractivity contribution in [1.82, 2.24) is 0 Å². The zero-order valence-electron chi connectivity index (χ0n) is 8.03. The number of methoxy groups -OCH3 is 1. The number of fused-ring (bicyclic) bond motifs is 1. The van der Waals surface area contributed by atoms with Crippen molar-refractivity contribution in [3.63, 3.8) is 0 Å². The molecule has 0 unspecified atom stereocenters. The van der Waals surface area contributed by atoms with Gasteiger partial charge in [0, 0.05) is 5.39 Å². The topological polar surface area (TPSA) is 39.4 Å². The molecule has 2 aromatic rings. The predicted molar refractivity (Wildman–Crippen MR) is 52.3 cm³/mol. The average Bonchev–Trinajstić information content (AvgIpc) is 2.62. The minimum absolute atomic E-state index is 0.314. The van der Waals surface area contributed by atoms with Gasteiger partial charge in [-0.3, -0.25) is 0 Å². The van der Waals surface area contributed by atoms with Gasteiger partial charge >= 0.3 is 5.97 Å². The average molecular weight is 190 g/mol. The summed E-state index contributed by atoms with van der Waals surface area (Å²) in [5.74, 6) is -0.314. The molecule has 0 atom stereocenters. The van der Waals surface area contributed by atoms with Gasteiger partial charge in [0.25, 0.3) is 0 Å². The summed E-state index contributed by atoms with van der Waals surface area (Å²) in [6.07, 6.45) is 1.60. The second kappa shape index (κ2) is 3.18. The first kappa shape index (κ1) is 8.81. The molecule has 3 nitrogen and oxygen atoms in total. The molecule has 0 radical (unpaired) electrons. The maximum atomic E-state index is 11.3. The molecule has 0 saturated heterocycles. The van der Waals surface area contributed by atoms with Crippen LogP contribution in [0, 0.1) is 6.92 Å². The molecule has 72 valence electrons. The standard InChI is InChI=1S/C11H10O3/c1-7-5-10-8(3-4-14-10)6-9(7)11(12)13-2/h3-6H,1-2H3. The number of carbonyl (C=O) groups is 1. The number of carbonyl (C=O) groups excluding carboxylic acids is 1. The van der Waals surface area contributed by atoms with Gasteiger partial charge in [-0.05, 0) is 30.7 Å². The Morgan fingerprint density at radius 2 is 2.21 bits per heavy atom. The Morgan fingerprint density at radius 3 is 2.93 bits per heavy atom. The molecule has 0 aliphatic heterocycles. The summed E-state index contributed by atoms with van der Waals surface area (Å²) < 4.78 is 9.89. The van der Waals surface area contributed by atoms with Crippen molar-refractivity contribution < 1.29 is 13.9 Å². The smallest absolute Gasteiger partial charge is 0.338 e. The van der Waals surface area contributed by atoms with E-state index in [2.05, 4.69) is 4.74 Å². The molecule has 1 heterocycles. The molecule has 3 heteroatoms. The number of benzene rings is 1. The number of esters is 1. The van der Waals surface area contributed by atoms with Gasteiger partial charge < -0.3 is 9.15 Å². The van der Waals surface area contributed by atoms with Crippen LogP contribution in [0.2, 0.25) is 0 Å². The monoisotopic (exact) mass is 190 g/mol. The number of rotatable bonds is 1. The fourth-order valence-electron chi connectivity index (χ4n) is 1.44. The summed E-state index contributed by atoms with van der Waals surface area (Å²) in [6, 6.07) is 5.43. The summed E-state index contributed by atoms with van der Waals surface area (Å²) in [7, 11) is 1.38. The molecule has 14 heavy (non-hydrogen) atoms. The molecule has 0 aliphatic rings. The Labute approximate surface area is 81.3 Å². The lowest BCUT2D eigenvalue weighted by atomic mass is 10.1. The SMILES string of the molecule is COC(=O)c1cc2ccoc2cc1C. The number of hydrogen-bond donors (Lipinski definition) is 0. The summed E-state index contributed by atoms with van der Waals surface area (Å²) in [4.78, 5) is 11.3. The molecule has 0 aliphatic carbocycles. The van der Waals surface area contributed by atoms with E-state index < -0.39 is 0 Å². The van der Waals surface area contributed by atoms with Gasteiger partial charge in [-0.1, -0.05) is 0 Å². The maximum Gasteiger partial charge on any atom is 0.338 e. The summed E-state index contributed by atoms with van der Waals surface area (Å²) in [6.45, 7) is 1.86. The first-order chi connectivity index (χ1) is 6.72. The summed E-state index contributed by atoms with van der Waals surface area (Å²) >= 11 is 0. The minimum atomic E-state index is -0.314. The number of ether oxygens (including phenoxy) is 1. The lowest BCUT2D eigenvalue weighted by molar-refractivity contribution is 0.0600. The second-order valence-corrected chi connectivity index (χ2v) is 3.12. The van der Waals surface area contributed by atoms with Crippen LogP contribution in [0.5, 0.6) is 0 Å². The molecule has 0 spiro atoms. The van der Waals surface area contributed by atoms with E-state index >= 15 is 0 Å². The van der Waals surface area contributed by atoms with Crippen LogP contribution >= 0.6 is 0 Å². The van der Waals surface area contributed by atoms with Crippen LogP contribution in [0.1, 0.15) is 15.9 Å². The van der Waals surface area contributed by atoms with Gasteiger partial charge in [0.05, 0.1) is 18.9 Å². The van der Waals surface area contributed by atoms with Gasteiger partial charge in [0.1, 0.15) is 5.58 Å². The highest BCUT2D eigenvalue weighted by atomic mass is 16.5. The summed E-state index contributed by atoms with van der Waals surface area (Å²) in [5.41, 5.74) is 2.23. The third kappa shape index (κ3) is 1.27. The van der Waals surface area contributed by atoms with E-state index in [1.807, 2.05) is 19.1 Å². The van der Waals surface area contributed by atoms with Crippen molar-refractivity contribution in [1.29, 1.82) is 0 Å². The van der Waals surface area contributed by atoms with Crippen molar-refractivity contribution in [3.05, 3.63) is 35.6 Å². The highest BCUT2D eigenvalue weighted by molar-refractivity contribution is 5.95. The van der Waals surface area contributed by atoms with E-state index in [0.717, 1.165) is 16.5 Å². The second-order valence-electron chi connectivity index (χ2n) is 3.12. The predicted octanol–water partition coefficient (Wildman–Crippen LogP) is 2.53. The van der Waals surface area contributed by atoms with Crippen LogP contribution in [-0.4, -0.2) is 13.1 Å². The van der Waals surface area contributed by atoms with Gasteiger partial charge in [-0.2, -0.15) is 0 Å². The number of hydrogen-bond acceptors (Lipinski definition) is 3. The molecule has 0 amide bonds. The third-order valence-electron chi connectivity index (χ3n) is 2.20. The fraction of sp³-hybridized carbons (Fsp3) is 0.182. The zero-order valence-corrected chi connectivity index (χ0v) is 8.03. The van der Waals surface area contributed by atoms with Gasteiger partial charge in [-0.25, -0.2) is 4.79 Å². The van der Waals surface area contributed by atoms with Crippen molar-refractivity contribution in [2.75, 3.05) is 7.11 Å². The Hall–Kier alpha value is -1.77. The Balaban J connectivity index is 2.64. The van der Waals surface area contributed by atoms with E-state index in [9.17, 15) is 4.79 Å². The first-order valence-electron chi connectivity index (χ1n) is 4.28. The van der Waals surface area contributed by atoms with E-state index in [1.54, 1.807) is 12.3 Å². The van der Waals surface area contributed by atoms with Crippen LogP contribution in [0.15, 0.2) is 28.9 Å². The molecular weight excluding hydrogens is 180 g/mol. The van der Waals surface area contributed by atoms with Crippen molar-refractivity contribution in [3.8, 4) is 0 Å². The first-order valence-corrected chi connectivity index (χ1v) is 4.28. The zero-order chi connectivity index (χ0) is 10.1. The summed E-state index contributed by atoms with van der Waals surface area (Å²) in [5, 5.41) is 0.913. The highest BCUT2D eigenvalue weighted by Crippen LogP contribution is 2.21. The lowest BCUT2D eigenvalue weighted by Crippen LogP contribution is -2.03. The molecule has 0 fully saturated rings. The fourth-order valence-corrected chi connectivity index (χ4v) is 1.44. The van der Waals surface area contributed by atoms with Crippen LogP contribution in [0.25, 0.3) is 11.0 Å². The van der Waals surface area contributed by atoms with Crippen molar-refractivity contribution in [2.45, 2.75) is 6.92 Å². The number of aryl methyl sites for hydroxylation is 1. The lowest BCUT2D eigenvalue weighted by Gasteiger charge is -2.02. The van der Waals surface area contributed by atoms with Crippen LogP contribution in [-0.2, 0) is 4.74 Å². The van der Waals surface area contributed by atoms with E-state index in [0.29, 0.717) is 5.56 Å². The van der Waals surface area contributed by atoms with Crippen molar-refractivity contribution in [2.24, 2.45) is 0 Å². The third-order valence-corrected chi connectivity index (χ3v) is 2.20.